The Balaban J connectivity index is 1.42. The topological polar surface area (TPSA) is 72.5 Å². The van der Waals surface area contributed by atoms with Crippen molar-refractivity contribution in [1.29, 1.82) is 0 Å². The van der Waals surface area contributed by atoms with Gasteiger partial charge in [-0.05, 0) is 31.2 Å². The average Bonchev–Trinajstić information content (AvgIpc) is 2.64. The van der Waals surface area contributed by atoms with Crippen LogP contribution in [0.2, 0.25) is 0 Å². The first kappa shape index (κ1) is 20.5. The third-order valence-electron chi connectivity index (χ3n) is 4.47. The lowest BCUT2D eigenvalue weighted by molar-refractivity contribution is -0.137. The van der Waals surface area contributed by atoms with Crippen LogP contribution in [-0.2, 0) is 6.18 Å². The Morgan fingerprint density at radius 2 is 1.93 bits per heavy atom. The fourth-order valence-electron chi connectivity index (χ4n) is 3.06. The van der Waals surface area contributed by atoms with Crippen molar-refractivity contribution in [3.63, 3.8) is 0 Å². The van der Waals surface area contributed by atoms with Crippen molar-refractivity contribution in [2.45, 2.75) is 17.8 Å². The summed E-state index contributed by atoms with van der Waals surface area (Å²) in [5, 5.41) is 9.70. The van der Waals surface area contributed by atoms with Crippen molar-refractivity contribution in [2.24, 2.45) is 0 Å². The van der Waals surface area contributed by atoms with Gasteiger partial charge >= 0.3 is 6.18 Å². The lowest BCUT2D eigenvalue weighted by Gasteiger charge is -2.36. The number of thioether (sulfide) groups is 1. The van der Waals surface area contributed by atoms with E-state index >= 15 is 0 Å². The lowest BCUT2D eigenvalue weighted by atomic mass is 10.1. The molecule has 28 heavy (non-hydrogen) atoms. The van der Waals surface area contributed by atoms with E-state index in [9.17, 15) is 23.1 Å². The maximum atomic E-state index is 12.9. The van der Waals surface area contributed by atoms with Gasteiger partial charge in [0.15, 0.2) is 5.16 Å². The van der Waals surface area contributed by atoms with Crippen LogP contribution in [-0.4, -0.2) is 58.5 Å². The van der Waals surface area contributed by atoms with E-state index in [1.54, 1.807) is 6.07 Å². The molecule has 152 valence electrons. The summed E-state index contributed by atoms with van der Waals surface area (Å²) in [6.07, 6.45) is -3.46. The van der Waals surface area contributed by atoms with E-state index in [-0.39, 0.29) is 11.4 Å². The molecule has 0 aliphatic carbocycles. The number of aromatic nitrogens is 2. The Hall–Kier alpha value is -2.20. The van der Waals surface area contributed by atoms with Gasteiger partial charge in [0.25, 0.3) is 5.56 Å². The molecule has 0 spiro atoms. The molecular weight excluding hydrogens is 393 g/mol. The van der Waals surface area contributed by atoms with E-state index in [1.165, 1.54) is 23.9 Å². The lowest BCUT2D eigenvalue weighted by Crippen LogP contribution is -2.46. The fourth-order valence-corrected chi connectivity index (χ4v) is 3.85. The standard InChI is InChI=1S/C18H21F3N4O2S/c19-18(20,21)13-3-1-4-14(11-13)25-8-6-24(7-9-25)5-2-10-28-17-22-15(26)12-16(27)23-17/h1,3-4,11-12H,2,5-10H2,(H2,22,23,26,27). The largest absolute Gasteiger partial charge is 0.493 e. The first-order chi connectivity index (χ1) is 13.3. The molecule has 1 aliphatic heterocycles. The van der Waals surface area contributed by atoms with Crippen LogP contribution in [0.15, 0.2) is 40.3 Å². The number of hydrogen-bond donors (Lipinski definition) is 2. The van der Waals surface area contributed by atoms with Crippen LogP contribution >= 0.6 is 11.8 Å². The Labute approximate surface area is 164 Å². The first-order valence-corrected chi connectivity index (χ1v) is 9.87. The number of piperazine rings is 1. The molecule has 0 saturated carbocycles. The highest BCUT2D eigenvalue weighted by Crippen LogP contribution is 2.31. The monoisotopic (exact) mass is 414 g/mol. The van der Waals surface area contributed by atoms with Gasteiger partial charge < -0.3 is 15.0 Å². The normalized spacial score (nSPS) is 15.8. The van der Waals surface area contributed by atoms with Gasteiger partial charge in [0.1, 0.15) is 0 Å². The third kappa shape index (κ3) is 5.65. The minimum Gasteiger partial charge on any atom is -0.493 e. The molecule has 0 atom stereocenters. The molecule has 0 bridgehead atoms. The SMILES string of the molecule is O=c1cc(O)nc(SCCCN2CCN(c3cccc(C(F)(F)F)c3)CC2)[nH]1. The van der Waals surface area contributed by atoms with E-state index in [2.05, 4.69) is 14.9 Å². The van der Waals surface area contributed by atoms with Crippen LogP contribution in [0.1, 0.15) is 12.0 Å². The van der Waals surface area contributed by atoms with Gasteiger partial charge in [-0.1, -0.05) is 17.8 Å². The molecule has 1 aliphatic rings. The van der Waals surface area contributed by atoms with Crippen LogP contribution in [0.5, 0.6) is 5.88 Å². The van der Waals surface area contributed by atoms with Crippen LogP contribution in [0, 0.1) is 0 Å². The molecule has 0 radical (unpaired) electrons. The van der Waals surface area contributed by atoms with Crippen molar-refractivity contribution in [3.8, 4) is 5.88 Å². The smallest absolute Gasteiger partial charge is 0.416 e. The predicted molar refractivity (Wildman–Crippen MR) is 102 cm³/mol. The van der Waals surface area contributed by atoms with Crippen molar-refractivity contribution in [1.82, 2.24) is 14.9 Å². The Bertz CT molecular complexity index is 851. The Morgan fingerprint density at radius 3 is 2.61 bits per heavy atom. The number of hydrogen-bond acceptors (Lipinski definition) is 6. The van der Waals surface area contributed by atoms with Crippen molar-refractivity contribution < 1.29 is 18.3 Å². The number of rotatable bonds is 6. The van der Waals surface area contributed by atoms with Crippen LogP contribution in [0.4, 0.5) is 18.9 Å². The van der Waals surface area contributed by atoms with Gasteiger partial charge in [0, 0.05) is 37.6 Å². The van der Waals surface area contributed by atoms with Gasteiger partial charge in [0.2, 0.25) is 5.88 Å². The number of aromatic hydroxyl groups is 1. The molecule has 2 N–H and O–H groups in total. The molecule has 2 aromatic rings. The molecular formula is C18H21F3N4O2S. The second-order valence-corrected chi connectivity index (χ2v) is 7.57. The zero-order chi connectivity index (χ0) is 20.1. The molecule has 1 saturated heterocycles. The molecule has 0 unspecified atom stereocenters. The Kier molecular flexibility index (Phi) is 6.50. The maximum Gasteiger partial charge on any atom is 0.416 e. The summed E-state index contributed by atoms with van der Waals surface area (Å²) in [6, 6.07) is 6.47. The van der Waals surface area contributed by atoms with Crippen molar-refractivity contribution >= 4 is 17.4 Å². The van der Waals surface area contributed by atoms with Crippen LogP contribution < -0.4 is 10.5 Å². The average molecular weight is 414 g/mol. The fraction of sp³-hybridized carbons (Fsp3) is 0.444. The quantitative estimate of drug-likeness (QED) is 0.430. The summed E-state index contributed by atoms with van der Waals surface area (Å²) in [5.74, 6) is 0.442. The number of H-pyrrole nitrogens is 1. The van der Waals surface area contributed by atoms with E-state index in [1.807, 2.05) is 4.90 Å². The summed E-state index contributed by atoms with van der Waals surface area (Å²) in [7, 11) is 0. The van der Waals surface area contributed by atoms with Gasteiger partial charge in [0.05, 0.1) is 11.6 Å². The number of alkyl halides is 3. The van der Waals surface area contributed by atoms with E-state index in [0.717, 1.165) is 43.9 Å². The van der Waals surface area contributed by atoms with Gasteiger partial charge in [-0.2, -0.15) is 18.2 Å². The van der Waals surface area contributed by atoms with Gasteiger partial charge in [-0.25, -0.2) is 0 Å². The maximum absolute atomic E-state index is 12.9. The Morgan fingerprint density at radius 1 is 1.18 bits per heavy atom. The predicted octanol–water partition coefficient (Wildman–Crippen LogP) is 2.80. The highest BCUT2D eigenvalue weighted by Gasteiger charge is 2.31. The molecule has 0 amide bonds. The highest BCUT2D eigenvalue weighted by molar-refractivity contribution is 7.99. The van der Waals surface area contributed by atoms with Crippen molar-refractivity contribution in [3.05, 3.63) is 46.2 Å². The number of aromatic amines is 1. The number of nitrogens with zero attached hydrogens (tertiary/aromatic N) is 3. The number of nitrogens with one attached hydrogen (secondary N) is 1. The molecule has 3 rings (SSSR count). The van der Waals surface area contributed by atoms with Gasteiger partial charge in [-0.15, -0.1) is 0 Å². The summed E-state index contributed by atoms with van der Waals surface area (Å²) >= 11 is 1.37. The number of anilines is 1. The second kappa shape index (κ2) is 8.87. The molecule has 1 aromatic heterocycles. The molecule has 2 heterocycles. The highest BCUT2D eigenvalue weighted by atomic mass is 32.2. The van der Waals surface area contributed by atoms with Crippen LogP contribution in [0.3, 0.4) is 0 Å². The van der Waals surface area contributed by atoms with E-state index in [0.29, 0.717) is 23.9 Å². The summed E-state index contributed by atoms with van der Waals surface area (Å²) in [5.41, 5.74) is -0.410. The second-order valence-electron chi connectivity index (χ2n) is 6.49. The molecule has 1 aromatic carbocycles. The zero-order valence-corrected chi connectivity index (χ0v) is 15.9. The minimum absolute atomic E-state index is 0.294. The summed E-state index contributed by atoms with van der Waals surface area (Å²) in [4.78, 5) is 21.9. The molecule has 6 nitrogen and oxygen atoms in total. The zero-order valence-electron chi connectivity index (χ0n) is 15.1. The molecule has 10 heteroatoms. The molecule has 1 fully saturated rings. The van der Waals surface area contributed by atoms with Crippen molar-refractivity contribution in [2.75, 3.05) is 43.4 Å². The minimum atomic E-state index is -4.33. The van der Waals surface area contributed by atoms with E-state index in [4.69, 9.17) is 0 Å². The van der Waals surface area contributed by atoms with E-state index < -0.39 is 11.7 Å². The number of benzene rings is 1. The third-order valence-corrected chi connectivity index (χ3v) is 5.43. The summed E-state index contributed by atoms with van der Waals surface area (Å²) in [6.45, 7) is 3.77. The number of halogens is 3. The summed E-state index contributed by atoms with van der Waals surface area (Å²) < 4.78 is 38.6. The van der Waals surface area contributed by atoms with Crippen LogP contribution in [0.25, 0.3) is 0 Å². The van der Waals surface area contributed by atoms with Gasteiger partial charge in [-0.3, -0.25) is 9.69 Å². The first-order valence-electron chi connectivity index (χ1n) is 8.89.